The highest BCUT2D eigenvalue weighted by atomic mass is 16.5. The van der Waals surface area contributed by atoms with Gasteiger partial charge >= 0.3 is 0 Å². The van der Waals surface area contributed by atoms with Gasteiger partial charge in [0.05, 0.1) is 5.41 Å². The van der Waals surface area contributed by atoms with Crippen LogP contribution in [0.4, 0.5) is 0 Å². The summed E-state index contributed by atoms with van der Waals surface area (Å²) in [4.78, 5) is 17.0. The molecule has 53 heavy (non-hydrogen) atoms. The van der Waals surface area contributed by atoms with Crippen molar-refractivity contribution < 1.29 is 4.74 Å². The zero-order chi connectivity index (χ0) is 34.9. The summed E-state index contributed by atoms with van der Waals surface area (Å²) in [5.74, 6) is 10.1. The number of benzene rings is 4. The van der Waals surface area contributed by atoms with Crippen LogP contribution in [0.5, 0.6) is 11.5 Å². The van der Waals surface area contributed by atoms with Gasteiger partial charge in [0.15, 0.2) is 5.82 Å². The molecular formula is C49H47N3O. The number of fused-ring (bicyclic) bond motifs is 14. The third kappa shape index (κ3) is 3.63. The van der Waals surface area contributed by atoms with E-state index in [1.807, 2.05) is 0 Å². The van der Waals surface area contributed by atoms with Gasteiger partial charge in [0.25, 0.3) is 0 Å². The molecule has 14 rings (SSSR count). The van der Waals surface area contributed by atoms with E-state index in [1.165, 1.54) is 97.6 Å². The SMILES string of the molecule is C[C@H]1CC2CC(C2)CC(C)(c2nc(-c3ccc4c(c3)C3(c5ccccc5Oc5ccccc53)c3ccccc3-4)nc(C34CC5CC6C[C@@H](C3)C65C4)n2)C1. The monoisotopic (exact) mass is 693 g/mol. The Morgan fingerprint density at radius 3 is 1.96 bits per heavy atom. The van der Waals surface area contributed by atoms with E-state index < -0.39 is 5.41 Å². The van der Waals surface area contributed by atoms with Gasteiger partial charge < -0.3 is 4.74 Å². The summed E-state index contributed by atoms with van der Waals surface area (Å²) >= 11 is 0. The number of hydrogen-bond donors (Lipinski definition) is 0. The molecule has 4 heteroatoms. The highest BCUT2D eigenvalue weighted by molar-refractivity contribution is 5.89. The van der Waals surface area contributed by atoms with Gasteiger partial charge in [-0.1, -0.05) is 86.6 Å². The average Bonchev–Trinajstić information content (AvgIpc) is 3.75. The molecule has 2 heterocycles. The molecule has 2 spiro atoms. The van der Waals surface area contributed by atoms with Crippen LogP contribution in [0.15, 0.2) is 91.0 Å². The maximum atomic E-state index is 6.64. The van der Waals surface area contributed by atoms with Crippen molar-refractivity contribution in [1.29, 1.82) is 0 Å². The fourth-order valence-corrected chi connectivity index (χ4v) is 14.9. The molecule has 0 saturated heterocycles. The van der Waals surface area contributed by atoms with E-state index in [0.29, 0.717) is 11.3 Å². The fraction of sp³-hybridized carbons (Fsp3) is 0.449. The largest absolute Gasteiger partial charge is 0.457 e. The Balaban J connectivity index is 1.03. The van der Waals surface area contributed by atoms with Gasteiger partial charge in [-0.15, -0.1) is 0 Å². The molecular weight excluding hydrogens is 647 g/mol. The van der Waals surface area contributed by atoms with Crippen molar-refractivity contribution in [2.75, 3.05) is 0 Å². The average molecular weight is 694 g/mol. The van der Waals surface area contributed by atoms with E-state index in [4.69, 9.17) is 19.7 Å². The van der Waals surface area contributed by atoms with E-state index in [9.17, 15) is 0 Å². The number of aromatic nitrogens is 3. The van der Waals surface area contributed by atoms with Crippen LogP contribution in [0, 0.1) is 40.9 Å². The maximum absolute atomic E-state index is 6.64. The van der Waals surface area contributed by atoms with Crippen LogP contribution in [0.25, 0.3) is 22.5 Å². The molecule has 7 saturated carbocycles. The maximum Gasteiger partial charge on any atom is 0.163 e. The third-order valence-electron chi connectivity index (χ3n) is 16.7. The Morgan fingerprint density at radius 2 is 1.25 bits per heavy atom. The lowest BCUT2D eigenvalue weighted by Gasteiger charge is -2.66. The zero-order valence-electron chi connectivity index (χ0n) is 30.9. The molecule has 0 radical (unpaired) electrons. The van der Waals surface area contributed by atoms with E-state index in [-0.39, 0.29) is 10.8 Å². The first-order valence-corrected chi connectivity index (χ1v) is 20.8. The van der Waals surface area contributed by atoms with Crippen molar-refractivity contribution in [2.45, 2.75) is 94.3 Å². The Morgan fingerprint density at radius 1 is 0.585 bits per heavy atom. The van der Waals surface area contributed by atoms with Gasteiger partial charge in [-0.25, -0.2) is 15.0 Å². The molecule has 5 unspecified atom stereocenters. The second-order valence-electron chi connectivity index (χ2n) is 19.5. The summed E-state index contributed by atoms with van der Waals surface area (Å²) < 4.78 is 6.64. The second-order valence-corrected chi connectivity index (χ2v) is 19.5. The molecule has 1 aliphatic heterocycles. The van der Waals surface area contributed by atoms with Gasteiger partial charge in [-0.05, 0) is 146 Å². The van der Waals surface area contributed by atoms with Gasteiger partial charge in [0, 0.05) is 27.5 Å². The lowest BCUT2D eigenvalue weighted by atomic mass is 9.38. The molecule has 1 aromatic heterocycles. The predicted molar refractivity (Wildman–Crippen MR) is 207 cm³/mol. The van der Waals surface area contributed by atoms with E-state index in [0.717, 1.165) is 64.1 Å². The molecule has 5 aromatic rings. The first-order chi connectivity index (χ1) is 25.9. The normalized spacial score (nSPS) is 36.6. The molecule has 7 atom stereocenters. The van der Waals surface area contributed by atoms with Gasteiger partial charge in [-0.3, -0.25) is 0 Å². The first kappa shape index (κ1) is 30.1. The highest BCUT2D eigenvalue weighted by Crippen LogP contribution is 2.84. The van der Waals surface area contributed by atoms with Crippen LogP contribution in [-0.4, -0.2) is 15.0 Å². The predicted octanol–water partition coefficient (Wildman–Crippen LogP) is 11.2. The molecule has 8 aliphatic carbocycles. The van der Waals surface area contributed by atoms with Crippen LogP contribution < -0.4 is 4.74 Å². The summed E-state index contributed by atoms with van der Waals surface area (Å²) in [7, 11) is 0. The van der Waals surface area contributed by atoms with Crippen molar-refractivity contribution in [1.82, 2.24) is 15.0 Å². The minimum Gasteiger partial charge on any atom is -0.457 e. The number of ether oxygens (including phenoxy) is 1. The molecule has 7 fully saturated rings. The zero-order valence-corrected chi connectivity index (χ0v) is 30.9. The van der Waals surface area contributed by atoms with E-state index in [2.05, 4.69) is 105 Å². The number of nitrogens with zero attached hydrogens (tertiary/aromatic N) is 3. The Hall–Kier alpha value is -4.31. The fourth-order valence-electron chi connectivity index (χ4n) is 14.9. The summed E-state index contributed by atoms with van der Waals surface area (Å²) in [6, 6.07) is 33.5. The standard InChI is InChI=1S/C49H47N3O/c1-28-17-29-18-30(19-29)24-46(2,23-28)44-50-43(51-45(52-44)47-25-33-21-32-22-34(26-47)48(32,33)27-47)31-15-16-36-35-9-3-4-10-37(35)49(40(36)20-31)38-11-5-7-13-41(38)53-42-14-8-6-12-39(42)49/h3-16,20,28-30,32-34H,17-19,21-27H2,1-2H3/t28-,29?,30?,32?,33-,34?,46?,47?,48?/m0/s1. The van der Waals surface area contributed by atoms with Crippen molar-refractivity contribution in [2.24, 2.45) is 40.9 Å². The molecule has 0 N–H and O–H groups in total. The quantitative estimate of drug-likeness (QED) is 0.185. The highest BCUT2D eigenvalue weighted by Gasteiger charge is 2.78. The van der Waals surface area contributed by atoms with Crippen molar-refractivity contribution in [3.8, 4) is 34.0 Å². The molecule has 4 aromatic carbocycles. The van der Waals surface area contributed by atoms with Gasteiger partial charge in [0.2, 0.25) is 0 Å². The first-order valence-electron chi connectivity index (χ1n) is 20.8. The Labute approximate surface area is 312 Å². The number of para-hydroxylation sites is 2. The van der Waals surface area contributed by atoms with Crippen LogP contribution in [0.2, 0.25) is 0 Å². The summed E-state index contributed by atoms with van der Waals surface area (Å²) in [5.41, 5.74) is 8.89. The molecule has 9 aliphatic rings. The van der Waals surface area contributed by atoms with E-state index in [1.54, 1.807) is 0 Å². The Kier molecular flexibility index (Phi) is 5.59. The van der Waals surface area contributed by atoms with Crippen LogP contribution >= 0.6 is 0 Å². The second kappa shape index (κ2) is 9.86. The topological polar surface area (TPSA) is 47.9 Å². The summed E-state index contributed by atoms with van der Waals surface area (Å²) in [5, 5.41) is 0. The van der Waals surface area contributed by atoms with Gasteiger partial charge in [0.1, 0.15) is 23.1 Å². The van der Waals surface area contributed by atoms with Gasteiger partial charge in [-0.2, -0.15) is 0 Å². The van der Waals surface area contributed by atoms with Crippen LogP contribution in [-0.2, 0) is 16.2 Å². The summed E-state index contributed by atoms with van der Waals surface area (Å²) in [6.07, 6.45) is 13.3. The van der Waals surface area contributed by atoms with Crippen molar-refractivity contribution >= 4 is 0 Å². The lowest BCUT2D eigenvalue weighted by molar-refractivity contribution is -0.175. The minimum absolute atomic E-state index is 0.0404. The molecule has 4 bridgehead atoms. The van der Waals surface area contributed by atoms with Crippen molar-refractivity contribution in [3.05, 3.63) is 125 Å². The van der Waals surface area contributed by atoms with Crippen molar-refractivity contribution in [3.63, 3.8) is 0 Å². The van der Waals surface area contributed by atoms with Crippen LogP contribution in [0.1, 0.15) is 112 Å². The molecule has 0 amide bonds. The Bertz CT molecular complexity index is 2340. The molecule has 4 nitrogen and oxygen atoms in total. The number of hydrogen-bond acceptors (Lipinski definition) is 4. The summed E-state index contributed by atoms with van der Waals surface area (Å²) in [6.45, 7) is 5.00. The number of rotatable bonds is 3. The third-order valence-corrected chi connectivity index (χ3v) is 16.7. The van der Waals surface area contributed by atoms with E-state index >= 15 is 0 Å². The van der Waals surface area contributed by atoms with Crippen LogP contribution in [0.3, 0.4) is 0 Å². The minimum atomic E-state index is -0.504. The smallest absolute Gasteiger partial charge is 0.163 e. The lowest BCUT2D eigenvalue weighted by Crippen LogP contribution is -2.59. The molecule has 264 valence electrons.